The van der Waals surface area contributed by atoms with E-state index >= 15 is 0 Å². The summed E-state index contributed by atoms with van der Waals surface area (Å²) < 4.78 is 1.60. The summed E-state index contributed by atoms with van der Waals surface area (Å²) in [6.45, 7) is 2.35. The lowest BCUT2D eigenvalue weighted by atomic mass is 10.1. The molecular formula is C12H16ClN3O4. The standard InChI is InChI=1S/C12H16ClN3O4/c1-2-16-6-7(13)5-9(16)11(18)15-8(12(19)20)3-4-10(14)17/h5-6,8H,2-4H2,1H3,(H2,14,17)(H,15,18)(H,19,20)/t8-/m1/s1. The van der Waals surface area contributed by atoms with Gasteiger partial charge in [-0.1, -0.05) is 11.6 Å². The molecule has 7 nitrogen and oxygen atoms in total. The molecule has 4 N–H and O–H groups in total. The quantitative estimate of drug-likeness (QED) is 0.684. The average molecular weight is 302 g/mol. The Balaban J connectivity index is 2.79. The Bertz CT molecular complexity index is 527. The predicted molar refractivity (Wildman–Crippen MR) is 72.4 cm³/mol. The van der Waals surface area contributed by atoms with E-state index in [1.165, 1.54) is 6.07 Å². The van der Waals surface area contributed by atoms with Crippen molar-refractivity contribution < 1.29 is 19.5 Å². The van der Waals surface area contributed by atoms with E-state index in [2.05, 4.69) is 5.32 Å². The highest BCUT2D eigenvalue weighted by Gasteiger charge is 2.22. The number of carbonyl (C=O) groups excluding carboxylic acids is 2. The maximum atomic E-state index is 12.0. The van der Waals surface area contributed by atoms with Crippen LogP contribution in [0.5, 0.6) is 0 Å². The molecule has 1 aromatic rings. The molecule has 1 rings (SSSR count). The van der Waals surface area contributed by atoms with Gasteiger partial charge in [0, 0.05) is 19.2 Å². The predicted octanol–water partition coefficient (Wildman–Crippen LogP) is 0.610. The number of nitrogens with two attached hydrogens (primary N) is 1. The topological polar surface area (TPSA) is 114 Å². The lowest BCUT2D eigenvalue weighted by Crippen LogP contribution is -2.42. The highest BCUT2D eigenvalue weighted by atomic mass is 35.5. The van der Waals surface area contributed by atoms with Gasteiger partial charge >= 0.3 is 5.97 Å². The largest absolute Gasteiger partial charge is 0.480 e. The molecule has 110 valence electrons. The van der Waals surface area contributed by atoms with Crippen molar-refractivity contribution in [3.05, 3.63) is 23.0 Å². The van der Waals surface area contributed by atoms with E-state index in [1.54, 1.807) is 10.8 Å². The fourth-order valence-corrected chi connectivity index (χ4v) is 1.92. The van der Waals surface area contributed by atoms with E-state index in [-0.39, 0.29) is 18.5 Å². The number of carbonyl (C=O) groups is 3. The molecule has 0 unspecified atom stereocenters. The van der Waals surface area contributed by atoms with Crippen LogP contribution in [-0.4, -0.2) is 33.5 Å². The number of aryl methyl sites for hydroxylation is 1. The number of primary amides is 1. The normalized spacial score (nSPS) is 11.9. The number of rotatable bonds is 7. The van der Waals surface area contributed by atoms with Crippen molar-refractivity contribution >= 4 is 29.4 Å². The number of hydrogen-bond acceptors (Lipinski definition) is 3. The number of nitrogens with zero attached hydrogens (tertiary/aromatic N) is 1. The van der Waals surface area contributed by atoms with Gasteiger partial charge in [0.25, 0.3) is 5.91 Å². The van der Waals surface area contributed by atoms with Crippen LogP contribution < -0.4 is 11.1 Å². The molecule has 20 heavy (non-hydrogen) atoms. The molecule has 0 fully saturated rings. The fraction of sp³-hybridized carbons (Fsp3) is 0.417. The van der Waals surface area contributed by atoms with Crippen molar-refractivity contribution in [2.45, 2.75) is 32.4 Å². The van der Waals surface area contributed by atoms with Crippen molar-refractivity contribution in [1.29, 1.82) is 0 Å². The molecule has 2 amide bonds. The third kappa shape index (κ3) is 4.27. The molecule has 1 heterocycles. The average Bonchev–Trinajstić information content (AvgIpc) is 2.74. The van der Waals surface area contributed by atoms with Crippen LogP contribution in [0.15, 0.2) is 12.3 Å². The number of carboxylic acid groups (broad SMARTS) is 1. The van der Waals surface area contributed by atoms with E-state index in [1.807, 2.05) is 6.92 Å². The molecule has 0 aromatic carbocycles. The molecule has 0 radical (unpaired) electrons. The second-order valence-electron chi connectivity index (χ2n) is 4.20. The highest BCUT2D eigenvalue weighted by molar-refractivity contribution is 6.31. The Morgan fingerprint density at radius 2 is 2.15 bits per heavy atom. The summed E-state index contributed by atoms with van der Waals surface area (Å²) in [5.41, 5.74) is 5.23. The smallest absolute Gasteiger partial charge is 0.326 e. The van der Waals surface area contributed by atoms with Gasteiger partial charge in [-0.3, -0.25) is 9.59 Å². The Hall–Kier alpha value is -2.02. The molecule has 8 heteroatoms. The first-order chi connectivity index (χ1) is 9.35. The minimum absolute atomic E-state index is 0.0586. The van der Waals surface area contributed by atoms with Gasteiger partial charge in [0.2, 0.25) is 5.91 Å². The number of aliphatic carboxylic acids is 1. The highest BCUT2D eigenvalue weighted by Crippen LogP contribution is 2.14. The number of amides is 2. The van der Waals surface area contributed by atoms with E-state index < -0.39 is 23.8 Å². The van der Waals surface area contributed by atoms with Crippen LogP contribution in [0, 0.1) is 0 Å². The third-order valence-corrected chi connectivity index (χ3v) is 2.93. The molecule has 0 bridgehead atoms. The zero-order valence-corrected chi connectivity index (χ0v) is 11.7. The van der Waals surface area contributed by atoms with Crippen LogP contribution in [0.4, 0.5) is 0 Å². The van der Waals surface area contributed by atoms with Gasteiger partial charge in [-0.2, -0.15) is 0 Å². The minimum atomic E-state index is -1.22. The maximum Gasteiger partial charge on any atom is 0.326 e. The molecule has 0 aliphatic heterocycles. The van der Waals surface area contributed by atoms with Gasteiger partial charge in [0.05, 0.1) is 5.02 Å². The van der Waals surface area contributed by atoms with Crippen molar-refractivity contribution in [3.8, 4) is 0 Å². The molecule has 0 aliphatic rings. The third-order valence-electron chi connectivity index (χ3n) is 2.72. The fourth-order valence-electron chi connectivity index (χ4n) is 1.70. The zero-order valence-electron chi connectivity index (χ0n) is 10.9. The second-order valence-corrected chi connectivity index (χ2v) is 4.64. The lowest BCUT2D eigenvalue weighted by Gasteiger charge is -2.14. The Labute approximate surface area is 120 Å². The van der Waals surface area contributed by atoms with Crippen LogP contribution in [0.1, 0.15) is 30.3 Å². The number of halogens is 1. The molecular weight excluding hydrogens is 286 g/mol. The van der Waals surface area contributed by atoms with Crippen molar-refractivity contribution in [1.82, 2.24) is 9.88 Å². The Morgan fingerprint density at radius 1 is 1.50 bits per heavy atom. The van der Waals surface area contributed by atoms with E-state index in [0.29, 0.717) is 11.6 Å². The summed E-state index contributed by atoms with van der Waals surface area (Å²) in [5, 5.41) is 11.8. The molecule has 0 spiro atoms. The first-order valence-electron chi connectivity index (χ1n) is 6.02. The summed E-state index contributed by atoms with van der Waals surface area (Å²) in [5.74, 6) is -2.40. The Morgan fingerprint density at radius 3 is 2.65 bits per heavy atom. The van der Waals surface area contributed by atoms with Crippen molar-refractivity contribution in [3.63, 3.8) is 0 Å². The van der Waals surface area contributed by atoms with Gasteiger partial charge in [-0.15, -0.1) is 0 Å². The van der Waals surface area contributed by atoms with Crippen LogP contribution in [0.25, 0.3) is 0 Å². The molecule has 1 aromatic heterocycles. The van der Waals surface area contributed by atoms with Gasteiger partial charge in [0.1, 0.15) is 11.7 Å². The van der Waals surface area contributed by atoms with Crippen LogP contribution >= 0.6 is 11.6 Å². The van der Waals surface area contributed by atoms with Gasteiger partial charge in [0.15, 0.2) is 0 Å². The van der Waals surface area contributed by atoms with Crippen molar-refractivity contribution in [2.24, 2.45) is 5.73 Å². The van der Waals surface area contributed by atoms with E-state index in [4.69, 9.17) is 22.4 Å². The summed E-state index contributed by atoms with van der Waals surface area (Å²) in [6.07, 6.45) is 1.40. The Kier molecular flexibility index (Phi) is 5.57. The molecule has 0 saturated heterocycles. The summed E-state index contributed by atoms with van der Waals surface area (Å²) in [7, 11) is 0. The van der Waals surface area contributed by atoms with Crippen LogP contribution in [0.3, 0.4) is 0 Å². The second kappa shape index (κ2) is 6.95. The first kappa shape index (κ1) is 16.0. The SMILES string of the molecule is CCn1cc(Cl)cc1C(=O)N[C@H](CCC(N)=O)C(=O)O. The molecule has 0 aliphatic carbocycles. The van der Waals surface area contributed by atoms with Crippen LogP contribution in [0.2, 0.25) is 5.02 Å². The van der Waals surface area contributed by atoms with Gasteiger partial charge in [-0.05, 0) is 19.4 Å². The monoisotopic (exact) mass is 301 g/mol. The summed E-state index contributed by atoms with van der Waals surface area (Å²) in [4.78, 5) is 33.7. The number of aromatic nitrogens is 1. The number of carboxylic acids is 1. The first-order valence-corrected chi connectivity index (χ1v) is 6.40. The van der Waals surface area contributed by atoms with E-state index in [0.717, 1.165) is 0 Å². The number of nitrogens with one attached hydrogen (secondary N) is 1. The van der Waals surface area contributed by atoms with Gasteiger partial charge in [-0.25, -0.2) is 4.79 Å². The zero-order chi connectivity index (χ0) is 15.3. The maximum absolute atomic E-state index is 12.0. The van der Waals surface area contributed by atoms with Crippen molar-refractivity contribution in [2.75, 3.05) is 0 Å². The molecule has 1 atom stereocenters. The van der Waals surface area contributed by atoms with Gasteiger partial charge < -0.3 is 20.7 Å². The lowest BCUT2D eigenvalue weighted by molar-refractivity contribution is -0.139. The number of hydrogen-bond donors (Lipinski definition) is 3. The van der Waals surface area contributed by atoms with Crippen LogP contribution in [-0.2, 0) is 16.1 Å². The summed E-state index contributed by atoms with van der Waals surface area (Å²) in [6, 6.07) is 0.280. The summed E-state index contributed by atoms with van der Waals surface area (Å²) >= 11 is 5.81. The minimum Gasteiger partial charge on any atom is -0.480 e. The van der Waals surface area contributed by atoms with E-state index in [9.17, 15) is 14.4 Å². The molecule has 0 saturated carbocycles.